The van der Waals surface area contributed by atoms with Gasteiger partial charge in [-0.2, -0.15) is 11.8 Å². The Morgan fingerprint density at radius 1 is 1.58 bits per heavy atom. The Balaban J connectivity index is 2.00. The van der Waals surface area contributed by atoms with Crippen LogP contribution in [0.2, 0.25) is 0 Å². The summed E-state index contributed by atoms with van der Waals surface area (Å²) in [4.78, 5) is 18.8. The van der Waals surface area contributed by atoms with Crippen molar-refractivity contribution in [3.05, 3.63) is 29.6 Å². The van der Waals surface area contributed by atoms with Crippen LogP contribution in [0.15, 0.2) is 18.2 Å². The van der Waals surface area contributed by atoms with E-state index in [0.29, 0.717) is 6.54 Å². The fraction of sp³-hybridized carbons (Fsp3) is 0.571. The summed E-state index contributed by atoms with van der Waals surface area (Å²) in [5, 5.41) is 3.30. The van der Waals surface area contributed by atoms with Crippen molar-refractivity contribution in [1.82, 2.24) is 15.2 Å². The maximum absolute atomic E-state index is 12.4. The third-order valence-corrected chi connectivity index (χ3v) is 4.27. The van der Waals surface area contributed by atoms with Gasteiger partial charge < -0.3 is 10.2 Å². The van der Waals surface area contributed by atoms with E-state index in [-0.39, 0.29) is 11.9 Å². The van der Waals surface area contributed by atoms with Crippen LogP contribution in [-0.2, 0) is 11.3 Å². The van der Waals surface area contributed by atoms with Gasteiger partial charge in [0.05, 0.1) is 18.3 Å². The van der Waals surface area contributed by atoms with E-state index in [1.54, 1.807) is 0 Å². The van der Waals surface area contributed by atoms with Crippen LogP contribution in [0.1, 0.15) is 18.3 Å². The number of thioether (sulfide) groups is 1. The van der Waals surface area contributed by atoms with Gasteiger partial charge in [0.25, 0.3) is 0 Å². The molecule has 1 N–H and O–H groups in total. The summed E-state index contributed by atoms with van der Waals surface area (Å²) < 4.78 is 0. The summed E-state index contributed by atoms with van der Waals surface area (Å²) in [5.41, 5.74) is 1.95. The van der Waals surface area contributed by atoms with Crippen LogP contribution >= 0.6 is 11.8 Å². The van der Waals surface area contributed by atoms with Crippen molar-refractivity contribution < 1.29 is 4.79 Å². The monoisotopic (exact) mass is 279 g/mol. The van der Waals surface area contributed by atoms with E-state index in [1.165, 1.54) is 0 Å². The van der Waals surface area contributed by atoms with Gasteiger partial charge in [-0.05, 0) is 26.0 Å². The van der Waals surface area contributed by atoms with Crippen molar-refractivity contribution in [2.75, 3.05) is 24.6 Å². The number of pyridine rings is 1. The van der Waals surface area contributed by atoms with Gasteiger partial charge in [-0.1, -0.05) is 6.07 Å². The molecule has 19 heavy (non-hydrogen) atoms. The molecule has 4 nitrogen and oxygen atoms in total. The molecule has 0 radical (unpaired) electrons. The molecule has 1 aliphatic rings. The minimum absolute atomic E-state index is 0.0384. The van der Waals surface area contributed by atoms with Crippen LogP contribution in [0.25, 0.3) is 0 Å². The second kappa shape index (κ2) is 6.91. The lowest BCUT2D eigenvalue weighted by Crippen LogP contribution is -2.50. The summed E-state index contributed by atoms with van der Waals surface area (Å²) in [5.74, 6) is 2.16. The molecular weight excluding hydrogens is 258 g/mol. The smallest absolute Gasteiger partial charge is 0.240 e. The molecule has 1 amide bonds. The SMILES string of the molecule is CCN(Cc1cccc(C)n1)C(=O)C1CSCCN1. The van der Waals surface area contributed by atoms with Crippen LogP contribution < -0.4 is 5.32 Å². The quantitative estimate of drug-likeness (QED) is 0.906. The zero-order chi connectivity index (χ0) is 13.7. The maximum Gasteiger partial charge on any atom is 0.240 e. The molecule has 5 heteroatoms. The van der Waals surface area contributed by atoms with Crippen molar-refractivity contribution in [3.8, 4) is 0 Å². The molecule has 1 saturated heterocycles. The summed E-state index contributed by atoms with van der Waals surface area (Å²) in [6, 6.07) is 5.90. The minimum atomic E-state index is -0.0384. The highest BCUT2D eigenvalue weighted by Gasteiger charge is 2.25. The molecule has 0 aliphatic carbocycles. The van der Waals surface area contributed by atoms with Crippen molar-refractivity contribution >= 4 is 17.7 Å². The summed E-state index contributed by atoms with van der Waals surface area (Å²) >= 11 is 1.84. The number of hydrogen-bond acceptors (Lipinski definition) is 4. The third-order valence-electron chi connectivity index (χ3n) is 3.21. The molecule has 1 fully saturated rings. The second-order valence-electron chi connectivity index (χ2n) is 4.70. The Morgan fingerprint density at radius 3 is 3.05 bits per heavy atom. The van der Waals surface area contributed by atoms with Crippen molar-refractivity contribution in [1.29, 1.82) is 0 Å². The first-order valence-electron chi connectivity index (χ1n) is 6.73. The number of rotatable bonds is 4. The number of likely N-dealkylation sites (N-methyl/N-ethyl adjacent to an activating group) is 1. The highest BCUT2D eigenvalue weighted by atomic mass is 32.2. The van der Waals surface area contributed by atoms with Crippen LogP contribution in [0, 0.1) is 6.92 Å². The number of nitrogens with one attached hydrogen (secondary N) is 1. The average Bonchev–Trinajstić information content (AvgIpc) is 2.45. The fourth-order valence-electron chi connectivity index (χ4n) is 2.17. The highest BCUT2D eigenvalue weighted by Crippen LogP contribution is 2.12. The molecule has 0 spiro atoms. The van der Waals surface area contributed by atoms with Crippen molar-refractivity contribution in [3.63, 3.8) is 0 Å². The molecule has 104 valence electrons. The molecule has 0 aromatic carbocycles. The molecule has 1 aliphatic heterocycles. The van der Waals surface area contributed by atoms with E-state index in [1.807, 2.05) is 48.7 Å². The lowest BCUT2D eigenvalue weighted by Gasteiger charge is -2.29. The van der Waals surface area contributed by atoms with Crippen molar-refractivity contribution in [2.45, 2.75) is 26.4 Å². The maximum atomic E-state index is 12.4. The predicted octanol–water partition coefficient (Wildman–Crippen LogP) is 1.44. The standard InChI is InChI=1S/C14H21N3OS/c1-3-17(9-12-6-4-5-11(2)16-12)14(18)13-10-19-8-7-15-13/h4-6,13,15H,3,7-10H2,1-2H3. The first kappa shape index (κ1) is 14.3. The van der Waals surface area contributed by atoms with Crippen LogP contribution in [0.4, 0.5) is 0 Å². The number of amides is 1. The normalized spacial score (nSPS) is 19.2. The van der Waals surface area contributed by atoms with Gasteiger partial charge >= 0.3 is 0 Å². The predicted molar refractivity (Wildman–Crippen MR) is 79.2 cm³/mol. The van der Waals surface area contributed by atoms with Crippen LogP contribution in [0.3, 0.4) is 0 Å². The fourth-order valence-corrected chi connectivity index (χ4v) is 3.10. The lowest BCUT2D eigenvalue weighted by molar-refractivity contribution is -0.133. The molecule has 1 atom stereocenters. The molecule has 0 saturated carbocycles. The topological polar surface area (TPSA) is 45.2 Å². The first-order chi connectivity index (χ1) is 9.20. The minimum Gasteiger partial charge on any atom is -0.336 e. The Bertz CT molecular complexity index is 432. The average molecular weight is 279 g/mol. The van der Waals surface area contributed by atoms with Crippen LogP contribution in [-0.4, -0.2) is 46.4 Å². The number of nitrogens with zero attached hydrogens (tertiary/aromatic N) is 2. The van der Waals surface area contributed by atoms with Gasteiger partial charge in [0.1, 0.15) is 0 Å². The largest absolute Gasteiger partial charge is 0.336 e. The molecule has 1 unspecified atom stereocenters. The summed E-state index contributed by atoms with van der Waals surface area (Å²) in [6.07, 6.45) is 0. The Morgan fingerprint density at radius 2 is 2.42 bits per heavy atom. The van der Waals surface area contributed by atoms with Gasteiger partial charge in [0, 0.05) is 30.3 Å². The number of carbonyl (C=O) groups is 1. The second-order valence-corrected chi connectivity index (χ2v) is 5.85. The van der Waals surface area contributed by atoms with Crippen LogP contribution in [0.5, 0.6) is 0 Å². The Hall–Kier alpha value is -1.07. The molecular formula is C14H21N3OS. The van der Waals surface area contributed by atoms with Gasteiger partial charge in [-0.15, -0.1) is 0 Å². The van der Waals surface area contributed by atoms with E-state index < -0.39 is 0 Å². The van der Waals surface area contributed by atoms with E-state index in [4.69, 9.17) is 0 Å². The third kappa shape index (κ3) is 3.94. The Kier molecular flexibility index (Phi) is 5.22. The zero-order valence-electron chi connectivity index (χ0n) is 11.6. The van der Waals surface area contributed by atoms with E-state index >= 15 is 0 Å². The number of hydrogen-bond donors (Lipinski definition) is 1. The molecule has 1 aromatic rings. The van der Waals surface area contributed by atoms with E-state index in [2.05, 4.69) is 10.3 Å². The first-order valence-corrected chi connectivity index (χ1v) is 7.88. The van der Waals surface area contributed by atoms with E-state index in [0.717, 1.165) is 36.0 Å². The van der Waals surface area contributed by atoms with E-state index in [9.17, 15) is 4.79 Å². The van der Waals surface area contributed by atoms with Crippen molar-refractivity contribution in [2.24, 2.45) is 0 Å². The number of aromatic nitrogens is 1. The molecule has 0 bridgehead atoms. The molecule has 2 heterocycles. The molecule has 1 aromatic heterocycles. The number of aryl methyl sites for hydroxylation is 1. The van der Waals surface area contributed by atoms with Gasteiger partial charge in [0.15, 0.2) is 0 Å². The summed E-state index contributed by atoms with van der Waals surface area (Å²) in [6.45, 7) is 6.23. The molecule has 2 rings (SSSR count). The van der Waals surface area contributed by atoms with Gasteiger partial charge in [-0.3, -0.25) is 9.78 Å². The van der Waals surface area contributed by atoms with Gasteiger partial charge in [0.2, 0.25) is 5.91 Å². The van der Waals surface area contributed by atoms with Gasteiger partial charge in [-0.25, -0.2) is 0 Å². The summed E-state index contributed by atoms with van der Waals surface area (Å²) in [7, 11) is 0. The Labute approximate surface area is 119 Å². The lowest BCUT2D eigenvalue weighted by atomic mass is 10.2. The zero-order valence-corrected chi connectivity index (χ0v) is 12.4. The number of carbonyl (C=O) groups excluding carboxylic acids is 1. The highest BCUT2D eigenvalue weighted by molar-refractivity contribution is 7.99.